The van der Waals surface area contributed by atoms with Gasteiger partial charge in [-0.2, -0.15) is 0 Å². The fraction of sp³-hybridized carbons (Fsp3) is 0.800. The first-order chi connectivity index (χ1) is 8.51. The summed E-state index contributed by atoms with van der Waals surface area (Å²) in [5.74, 6) is 8.91. The van der Waals surface area contributed by atoms with Crippen LogP contribution in [0.2, 0.25) is 0 Å². The average Bonchev–Trinajstić information content (AvgIpc) is 2.37. The van der Waals surface area contributed by atoms with Crippen LogP contribution in [0, 0.1) is 0 Å². The zero-order valence-corrected chi connectivity index (χ0v) is 10.9. The van der Waals surface area contributed by atoms with Crippen LogP contribution in [0.15, 0.2) is 0 Å². The molecule has 0 atom stereocenters. The second kappa shape index (κ2) is 16.2. The molecule has 110 valence electrons. The van der Waals surface area contributed by atoms with Gasteiger partial charge in [0.05, 0.1) is 0 Å². The summed E-state index contributed by atoms with van der Waals surface area (Å²) < 4.78 is 9.36. The minimum atomic E-state index is -1.01. The summed E-state index contributed by atoms with van der Waals surface area (Å²) in [6.45, 7) is 5.82. The van der Waals surface area contributed by atoms with E-state index in [0.717, 1.165) is 0 Å². The maximum absolute atomic E-state index is 11.2. The molecule has 0 saturated heterocycles. The number of likely N-dealkylation sites (N-methyl/N-ethyl adjacent to an activating group) is 2. The van der Waals surface area contributed by atoms with Crippen molar-refractivity contribution in [1.82, 2.24) is 10.0 Å². The minimum absolute atomic E-state index is 0. The topological polar surface area (TPSA) is 111 Å². The van der Waals surface area contributed by atoms with Gasteiger partial charge in [0.1, 0.15) is 13.2 Å². The summed E-state index contributed by atoms with van der Waals surface area (Å²) in [5.41, 5.74) is 0. The molecule has 4 N–H and O–H groups in total. The van der Waals surface area contributed by atoms with Gasteiger partial charge >= 0.3 is 71.1 Å². The van der Waals surface area contributed by atoms with Crippen LogP contribution in [0.1, 0.15) is 13.8 Å². The van der Waals surface area contributed by atoms with Gasteiger partial charge in [-0.15, -0.1) is 0 Å². The van der Waals surface area contributed by atoms with Gasteiger partial charge in [-0.05, 0) is 0 Å². The fourth-order valence-corrected chi connectivity index (χ4v) is 0.945. The van der Waals surface area contributed by atoms with E-state index in [1.54, 1.807) is 0 Å². The van der Waals surface area contributed by atoms with E-state index >= 15 is 0 Å². The van der Waals surface area contributed by atoms with Crippen molar-refractivity contribution >= 4 is 71.1 Å². The Morgan fingerprint density at radius 1 is 0.850 bits per heavy atom. The first-order valence-corrected chi connectivity index (χ1v) is 5.84. The SMILES string of the molecule is CCN(N)CCOC(=O)C(=O)OCCN(N)CC.[NaH].[NaH]. The molecule has 20 heavy (non-hydrogen) atoms. The number of carbonyl (C=O) groups is 2. The molecule has 0 saturated carbocycles. The molecule has 0 spiro atoms. The first kappa shape index (κ1) is 25.7. The van der Waals surface area contributed by atoms with Crippen molar-refractivity contribution in [2.24, 2.45) is 11.7 Å². The number of nitrogens with zero attached hydrogens (tertiary/aromatic N) is 2. The van der Waals surface area contributed by atoms with Gasteiger partial charge in [0.25, 0.3) is 0 Å². The van der Waals surface area contributed by atoms with Crippen LogP contribution in [-0.4, -0.2) is 120 Å². The summed E-state index contributed by atoms with van der Waals surface area (Å²) in [5, 5.41) is 2.93. The second-order valence-electron chi connectivity index (χ2n) is 3.53. The standard InChI is InChI=1S/C10H22N4O4.2Na.2H/c1-3-13(11)5-7-17-9(15)10(16)18-8-6-14(12)4-2;;;;/h3-8,11-12H2,1-2H3;;;;. The van der Waals surface area contributed by atoms with Gasteiger partial charge in [-0.1, -0.05) is 13.8 Å². The fourth-order valence-electron chi connectivity index (χ4n) is 0.945. The van der Waals surface area contributed by atoms with Gasteiger partial charge in [0.15, 0.2) is 0 Å². The Labute approximate surface area is 164 Å². The molecule has 0 fully saturated rings. The number of hydrogen-bond donors (Lipinski definition) is 2. The van der Waals surface area contributed by atoms with E-state index in [0.29, 0.717) is 26.2 Å². The van der Waals surface area contributed by atoms with Gasteiger partial charge in [0, 0.05) is 26.2 Å². The van der Waals surface area contributed by atoms with Gasteiger partial charge in [-0.25, -0.2) is 19.6 Å². The number of nitrogens with two attached hydrogens (primary N) is 2. The third-order valence-electron chi connectivity index (χ3n) is 2.20. The van der Waals surface area contributed by atoms with E-state index in [2.05, 4.69) is 9.47 Å². The second-order valence-corrected chi connectivity index (χ2v) is 3.53. The van der Waals surface area contributed by atoms with Gasteiger partial charge in [-0.3, -0.25) is 11.7 Å². The molecule has 0 aliphatic carbocycles. The van der Waals surface area contributed by atoms with Crippen LogP contribution in [0.5, 0.6) is 0 Å². The average molecular weight is 310 g/mol. The molecular weight excluding hydrogens is 286 g/mol. The summed E-state index contributed by atoms with van der Waals surface area (Å²) in [4.78, 5) is 22.3. The normalized spacial score (nSPS) is 9.70. The number of hydrogen-bond acceptors (Lipinski definition) is 8. The molecule has 0 aromatic rings. The monoisotopic (exact) mass is 310 g/mol. The molecule has 10 heteroatoms. The Morgan fingerprint density at radius 2 is 1.15 bits per heavy atom. The quantitative estimate of drug-likeness (QED) is 0.162. The van der Waals surface area contributed by atoms with Gasteiger partial charge in [0.2, 0.25) is 0 Å². The molecule has 0 aromatic carbocycles. The van der Waals surface area contributed by atoms with E-state index in [9.17, 15) is 9.59 Å². The molecule has 0 heterocycles. The predicted molar refractivity (Wildman–Crippen MR) is 79.1 cm³/mol. The first-order valence-electron chi connectivity index (χ1n) is 5.84. The third-order valence-corrected chi connectivity index (χ3v) is 2.20. The Bertz CT molecular complexity index is 246. The molecule has 0 aliphatic heterocycles. The van der Waals surface area contributed by atoms with Crippen LogP contribution in [0.4, 0.5) is 0 Å². The Kier molecular flexibility index (Phi) is 20.8. The number of hydrazine groups is 2. The summed E-state index contributed by atoms with van der Waals surface area (Å²) in [6.07, 6.45) is 0. The van der Waals surface area contributed by atoms with Crippen molar-refractivity contribution in [1.29, 1.82) is 0 Å². The Balaban J connectivity index is -0.00000144. The molecule has 0 rings (SSSR count). The zero-order valence-electron chi connectivity index (χ0n) is 10.9. The van der Waals surface area contributed by atoms with Crippen molar-refractivity contribution in [3.05, 3.63) is 0 Å². The van der Waals surface area contributed by atoms with E-state index < -0.39 is 11.9 Å². The number of ether oxygens (including phenoxy) is 2. The molecule has 0 bridgehead atoms. The van der Waals surface area contributed by atoms with E-state index in [1.165, 1.54) is 10.0 Å². The van der Waals surface area contributed by atoms with E-state index in [-0.39, 0.29) is 72.3 Å². The van der Waals surface area contributed by atoms with Crippen molar-refractivity contribution in [3.63, 3.8) is 0 Å². The van der Waals surface area contributed by atoms with E-state index in [4.69, 9.17) is 11.7 Å². The molecule has 0 aliphatic rings. The van der Waals surface area contributed by atoms with Crippen LogP contribution < -0.4 is 11.7 Å². The van der Waals surface area contributed by atoms with Crippen molar-refractivity contribution < 1.29 is 19.1 Å². The number of esters is 2. The molecule has 0 aromatic heterocycles. The van der Waals surface area contributed by atoms with Crippen molar-refractivity contribution in [2.45, 2.75) is 13.8 Å². The summed E-state index contributed by atoms with van der Waals surface area (Å²) >= 11 is 0. The Hall–Kier alpha value is 0.780. The zero-order chi connectivity index (χ0) is 14.0. The van der Waals surface area contributed by atoms with Crippen LogP contribution in [0.25, 0.3) is 0 Å². The maximum atomic E-state index is 11.2. The van der Waals surface area contributed by atoms with E-state index in [1.807, 2.05) is 13.8 Å². The molecule has 0 unspecified atom stereocenters. The summed E-state index contributed by atoms with van der Waals surface area (Å²) in [6, 6.07) is 0. The number of carbonyl (C=O) groups excluding carboxylic acids is 2. The van der Waals surface area contributed by atoms with Crippen LogP contribution >= 0.6 is 0 Å². The van der Waals surface area contributed by atoms with Gasteiger partial charge < -0.3 is 9.47 Å². The predicted octanol–water partition coefficient (Wildman–Crippen LogP) is -2.83. The molecular formula is C10H24N4Na2O4. The summed E-state index contributed by atoms with van der Waals surface area (Å²) in [7, 11) is 0. The van der Waals surface area contributed by atoms with Crippen molar-refractivity contribution in [2.75, 3.05) is 39.4 Å². The Morgan fingerprint density at radius 3 is 1.40 bits per heavy atom. The third kappa shape index (κ3) is 13.7. The molecule has 0 amide bonds. The van der Waals surface area contributed by atoms with Crippen LogP contribution in [-0.2, 0) is 19.1 Å². The van der Waals surface area contributed by atoms with Crippen molar-refractivity contribution in [3.8, 4) is 0 Å². The number of rotatable bonds is 8. The molecule has 8 nitrogen and oxygen atoms in total. The van der Waals surface area contributed by atoms with Crippen LogP contribution in [0.3, 0.4) is 0 Å². The molecule has 0 radical (unpaired) electrons.